The van der Waals surface area contributed by atoms with Crippen molar-refractivity contribution < 1.29 is 19.1 Å². The second-order valence-corrected chi connectivity index (χ2v) is 13.6. The number of amides is 2. The van der Waals surface area contributed by atoms with E-state index in [1.807, 2.05) is 35.2 Å². The normalized spacial score (nSPS) is 20.2. The van der Waals surface area contributed by atoms with E-state index in [2.05, 4.69) is 67.3 Å². The molecule has 4 aromatic rings. The first kappa shape index (κ1) is 31.7. The Hall–Kier alpha value is -4.30. The molecule has 46 heavy (non-hydrogen) atoms. The van der Waals surface area contributed by atoms with Gasteiger partial charge in [-0.2, -0.15) is 0 Å². The molecule has 8 nitrogen and oxygen atoms in total. The fourth-order valence-corrected chi connectivity index (χ4v) is 7.69. The fraction of sp³-hybridized carbons (Fsp3) is 0.421. The molecule has 2 atom stereocenters. The lowest BCUT2D eigenvalue weighted by molar-refractivity contribution is -0.150. The van der Waals surface area contributed by atoms with Crippen molar-refractivity contribution in [2.45, 2.75) is 58.0 Å². The number of H-pyrrole nitrogens is 1. The SMILES string of the molecule is COc1ccc(NC(=O)C2(N(Cc3ccccc3)C(=O)CC3C(c4c(C)[nH]c5ccccc45)C3(C)C)CCN(C)CC2)c(OC)c1. The average Bonchev–Trinajstić information content (AvgIpc) is 3.41. The molecule has 2 unspecified atom stereocenters. The summed E-state index contributed by atoms with van der Waals surface area (Å²) >= 11 is 0. The first-order valence-corrected chi connectivity index (χ1v) is 16.2. The smallest absolute Gasteiger partial charge is 0.250 e. The Morgan fingerprint density at radius 1 is 0.978 bits per heavy atom. The van der Waals surface area contributed by atoms with Crippen LogP contribution in [0.25, 0.3) is 10.9 Å². The number of aromatic nitrogens is 1. The van der Waals surface area contributed by atoms with Gasteiger partial charge < -0.3 is 29.6 Å². The number of anilines is 1. The van der Waals surface area contributed by atoms with Gasteiger partial charge in [0.2, 0.25) is 5.91 Å². The molecule has 8 heteroatoms. The summed E-state index contributed by atoms with van der Waals surface area (Å²) < 4.78 is 11.0. The summed E-state index contributed by atoms with van der Waals surface area (Å²) in [6.07, 6.45) is 1.44. The van der Waals surface area contributed by atoms with Crippen molar-refractivity contribution in [1.29, 1.82) is 0 Å². The summed E-state index contributed by atoms with van der Waals surface area (Å²) in [5.74, 6) is 1.38. The van der Waals surface area contributed by atoms with E-state index in [0.29, 0.717) is 56.1 Å². The number of aryl methyl sites for hydroxylation is 1. The van der Waals surface area contributed by atoms with Crippen LogP contribution in [0, 0.1) is 18.3 Å². The van der Waals surface area contributed by atoms with Gasteiger partial charge in [0.15, 0.2) is 0 Å². The predicted octanol–water partition coefficient (Wildman–Crippen LogP) is 6.76. The van der Waals surface area contributed by atoms with Gasteiger partial charge in [-0.05, 0) is 73.4 Å². The van der Waals surface area contributed by atoms with Crippen molar-refractivity contribution in [3.05, 3.63) is 89.6 Å². The number of aromatic amines is 1. The third-order valence-electron chi connectivity index (χ3n) is 10.6. The molecule has 1 aliphatic heterocycles. The molecule has 0 bridgehead atoms. The summed E-state index contributed by atoms with van der Waals surface area (Å²) in [5, 5.41) is 4.40. The van der Waals surface area contributed by atoms with Crippen LogP contribution >= 0.6 is 0 Å². The Bertz CT molecular complexity index is 1720. The zero-order valence-electron chi connectivity index (χ0n) is 27.9. The molecule has 6 rings (SSSR count). The molecule has 2 aliphatic rings. The van der Waals surface area contributed by atoms with E-state index in [4.69, 9.17) is 9.47 Å². The van der Waals surface area contributed by atoms with Gasteiger partial charge in [0.05, 0.1) is 19.9 Å². The number of para-hydroxylation sites is 1. The number of ether oxygens (including phenoxy) is 2. The molecule has 1 saturated carbocycles. The number of likely N-dealkylation sites (tertiary alicyclic amines) is 1. The summed E-state index contributed by atoms with van der Waals surface area (Å²) in [4.78, 5) is 37.1. The van der Waals surface area contributed by atoms with Crippen molar-refractivity contribution in [3.8, 4) is 11.5 Å². The number of piperidine rings is 1. The predicted molar refractivity (Wildman–Crippen MR) is 182 cm³/mol. The van der Waals surface area contributed by atoms with Crippen LogP contribution in [0.3, 0.4) is 0 Å². The Morgan fingerprint density at radius 2 is 1.67 bits per heavy atom. The maximum absolute atomic E-state index is 14.8. The van der Waals surface area contributed by atoms with Gasteiger partial charge >= 0.3 is 0 Å². The van der Waals surface area contributed by atoms with E-state index in [-0.39, 0.29) is 29.1 Å². The van der Waals surface area contributed by atoms with Crippen LogP contribution in [-0.4, -0.2) is 66.5 Å². The zero-order valence-corrected chi connectivity index (χ0v) is 27.9. The number of rotatable bonds is 10. The maximum atomic E-state index is 14.8. The second kappa shape index (κ2) is 12.5. The molecule has 242 valence electrons. The Kier molecular flexibility index (Phi) is 8.59. The second-order valence-electron chi connectivity index (χ2n) is 13.6. The minimum atomic E-state index is -1.03. The number of nitrogens with one attached hydrogen (secondary N) is 2. The lowest BCUT2D eigenvalue weighted by atomic mass is 9.83. The summed E-state index contributed by atoms with van der Waals surface area (Å²) in [7, 11) is 5.24. The molecule has 1 aromatic heterocycles. The number of hydrogen-bond donors (Lipinski definition) is 2. The van der Waals surface area contributed by atoms with Crippen LogP contribution < -0.4 is 14.8 Å². The van der Waals surface area contributed by atoms with Crippen LogP contribution in [0.15, 0.2) is 72.8 Å². The summed E-state index contributed by atoms with van der Waals surface area (Å²) in [6.45, 7) is 8.45. The topological polar surface area (TPSA) is 86.9 Å². The van der Waals surface area contributed by atoms with Crippen molar-refractivity contribution in [2.75, 3.05) is 39.7 Å². The average molecular weight is 623 g/mol. The van der Waals surface area contributed by atoms with Gasteiger partial charge in [0, 0.05) is 48.7 Å². The minimum Gasteiger partial charge on any atom is -0.497 e. The van der Waals surface area contributed by atoms with E-state index in [0.717, 1.165) is 16.8 Å². The first-order valence-electron chi connectivity index (χ1n) is 16.2. The zero-order chi connectivity index (χ0) is 32.6. The summed E-state index contributed by atoms with van der Waals surface area (Å²) in [6, 6.07) is 23.8. The summed E-state index contributed by atoms with van der Waals surface area (Å²) in [5.41, 5.74) is 4.07. The van der Waals surface area contributed by atoms with E-state index in [1.54, 1.807) is 32.4 Å². The first-order chi connectivity index (χ1) is 22.1. The van der Waals surface area contributed by atoms with E-state index < -0.39 is 5.54 Å². The highest BCUT2D eigenvalue weighted by atomic mass is 16.5. The Labute approximate surface area is 272 Å². The number of fused-ring (bicyclic) bond motifs is 1. The largest absolute Gasteiger partial charge is 0.497 e. The van der Waals surface area contributed by atoms with Crippen molar-refractivity contribution >= 4 is 28.4 Å². The number of carbonyl (C=O) groups is 2. The highest BCUT2D eigenvalue weighted by Crippen LogP contribution is 2.67. The van der Waals surface area contributed by atoms with Crippen LogP contribution in [0.2, 0.25) is 0 Å². The lowest BCUT2D eigenvalue weighted by Gasteiger charge is -2.47. The molecule has 1 aliphatic carbocycles. The van der Waals surface area contributed by atoms with Crippen molar-refractivity contribution in [2.24, 2.45) is 11.3 Å². The van der Waals surface area contributed by atoms with Crippen LogP contribution in [0.1, 0.15) is 55.8 Å². The van der Waals surface area contributed by atoms with Crippen molar-refractivity contribution in [1.82, 2.24) is 14.8 Å². The standard InChI is InChI=1S/C38H46N4O4/c1-25-34(28-14-10-11-15-30(28)39-25)35-29(37(35,2)3)23-33(43)42(24-26-12-8-7-9-13-26)38(18-20-41(4)21-19-38)36(44)40-31-17-16-27(45-5)22-32(31)46-6/h7-17,22,29,35,39H,18-21,23-24H2,1-6H3,(H,40,44). The molecular weight excluding hydrogens is 576 g/mol. The molecular formula is C38H46N4O4. The Balaban J connectivity index is 1.35. The van der Waals surface area contributed by atoms with E-state index in [9.17, 15) is 9.59 Å². The van der Waals surface area contributed by atoms with E-state index >= 15 is 0 Å². The van der Waals surface area contributed by atoms with E-state index in [1.165, 1.54) is 10.9 Å². The number of hydrogen-bond acceptors (Lipinski definition) is 5. The molecule has 2 amide bonds. The maximum Gasteiger partial charge on any atom is 0.250 e. The number of benzene rings is 3. The molecule has 2 N–H and O–H groups in total. The molecule has 0 radical (unpaired) electrons. The number of carbonyl (C=O) groups excluding carboxylic acids is 2. The van der Waals surface area contributed by atoms with Gasteiger partial charge in [-0.25, -0.2) is 0 Å². The van der Waals surface area contributed by atoms with Gasteiger partial charge in [-0.3, -0.25) is 9.59 Å². The Morgan fingerprint density at radius 3 is 2.37 bits per heavy atom. The monoisotopic (exact) mass is 622 g/mol. The van der Waals surface area contributed by atoms with Gasteiger partial charge in [-0.1, -0.05) is 62.4 Å². The number of nitrogens with zero attached hydrogens (tertiary/aromatic N) is 2. The lowest BCUT2D eigenvalue weighted by Crippen LogP contribution is -2.62. The van der Waals surface area contributed by atoms with Crippen LogP contribution in [0.4, 0.5) is 5.69 Å². The fourth-order valence-electron chi connectivity index (χ4n) is 7.69. The molecule has 2 heterocycles. The van der Waals surface area contributed by atoms with Gasteiger partial charge in [0.25, 0.3) is 5.91 Å². The van der Waals surface area contributed by atoms with Gasteiger partial charge in [-0.15, -0.1) is 0 Å². The van der Waals surface area contributed by atoms with Crippen LogP contribution in [-0.2, 0) is 16.1 Å². The van der Waals surface area contributed by atoms with Crippen LogP contribution in [0.5, 0.6) is 11.5 Å². The molecule has 1 saturated heterocycles. The minimum absolute atomic E-state index is 0.0170. The third kappa shape index (κ3) is 5.75. The molecule has 0 spiro atoms. The third-order valence-corrected chi connectivity index (χ3v) is 10.6. The molecule has 3 aromatic carbocycles. The molecule has 2 fully saturated rings. The highest BCUT2D eigenvalue weighted by molar-refractivity contribution is 6.01. The van der Waals surface area contributed by atoms with Crippen molar-refractivity contribution in [3.63, 3.8) is 0 Å². The highest BCUT2D eigenvalue weighted by Gasteiger charge is 2.60. The quantitative estimate of drug-likeness (QED) is 0.204. The number of methoxy groups -OCH3 is 2. The van der Waals surface area contributed by atoms with Gasteiger partial charge in [0.1, 0.15) is 17.0 Å².